The van der Waals surface area contributed by atoms with Crippen molar-refractivity contribution in [2.45, 2.75) is 65.2 Å². The first kappa shape index (κ1) is 42.7. The second-order valence-electron chi connectivity index (χ2n) is 10.8. The van der Waals surface area contributed by atoms with E-state index in [-0.39, 0.29) is 55.5 Å². The van der Waals surface area contributed by atoms with Gasteiger partial charge in [-0.05, 0) is 97.9 Å². The second-order valence-corrected chi connectivity index (χ2v) is 10.8. The first-order chi connectivity index (χ1) is 21.6. The number of nitrogens with zero attached hydrogens (tertiary/aromatic N) is 3. The first-order valence-electron chi connectivity index (χ1n) is 15.2. The van der Waals surface area contributed by atoms with Crippen LogP contribution in [0.4, 0.5) is 32.3 Å². The largest absolute Gasteiger partial charge is 0.483 e. The van der Waals surface area contributed by atoms with Gasteiger partial charge in [0, 0.05) is 52.7 Å². The summed E-state index contributed by atoms with van der Waals surface area (Å²) in [5.74, 6) is 0. The fraction of sp³-hybridized carbons (Fsp3) is 0.424. The van der Waals surface area contributed by atoms with Crippen molar-refractivity contribution in [3.05, 3.63) is 69.8 Å². The van der Waals surface area contributed by atoms with E-state index >= 15 is 0 Å². The Labute approximate surface area is 290 Å². The van der Waals surface area contributed by atoms with Gasteiger partial charge in [-0.3, -0.25) is 14.9 Å². The molecule has 2 aliphatic carbocycles. The summed E-state index contributed by atoms with van der Waals surface area (Å²) in [6.07, 6.45) is 12.7. The monoisotopic (exact) mass is 703 g/mol. The van der Waals surface area contributed by atoms with Crippen molar-refractivity contribution in [3.63, 3.8) is 0 Å². The van der Waals surface area contributed by atoms with Gasteiger partial charge in [-0.1, -0.05) is 32.1 Å². The Morgan fingerprint density at radius 2 is 1.32 bits per heavy atom. The van der Waals surface area contributed by atoms with E-state index in [9.17, 15) is 19.7 Å². The van der Waals surface area contributed by atoms with Crippen LogP contribution in [-0.2, 0) is 24.3 Å². The maximum Gasteiger partial charge on any atom is 0.321 e. The Balaban J connectivity index is 0.000000802. The van der Waals surface area contributed by atoms with Crippen molar-refractivity contribution in [3.8, 4) is 0 Å². The average molecular weight is 705 g/mol. The number of hydrogen-bond donors (Lipinski definition) is 5. The van der Waals surface area contributed by atoms with Crippen LogP contribution in [0.2, 0.25) is 0 Å². The molecule has 0 saturated carbocycles. The van der Waals surface area contributed by atoms with E-state index in [2.05, 4.69) is 22.8 Å². The Bertz CT molecular complexity index is 1400. The van der Waals surface area contributed by atoms with Crippen molar-refractivity contribution >= 4 is 52.4 Å². The zero-order chi connectivity index (χ0) is 33.4. The van der Waals surface area contributed by atoms with Gasteiger partial charge >= 0.3 is 12.1 Å². The molecule has 0 atom stereocenters. The predicted molar refractivity (Wildman–Crippen MR) is 185 cm³/mol. The van der Waals surface area contributed by atoms with Crippen LogP contribution in [0.25, 0.3) is 11.1 Å². The summed E-state index contributed by atoms with van der Waals surface area (Å²) in [7, 11) is 3.46. The maximum atomic E-state index is 12.1. The normalized spacial score (nSPS) is 12.6. The quantitative estimate of drug-likeness (QED) is 0.0576. The SMILES string of the molecule is CCCN(C)C(=O)Nc1cc(C2=CCCC2)ccc1N.CCCN(C)C(=O)Nc1cc(C2=CCCC2)ccc1[N+](=O)[O-].N.O=CO.[Zn]. The number of nitro benzene ring substituents is 1. The fourth-order valence-corrected chi connectivity index (χ4v) is 5.02. The molecule has 0 saturated heterocycles. The number of carbonyl (C=O) groups is 3. The Morgan fingerprint density at radius 1 is 0.894 bits per heavy atom. The minimum absolute atomic E-state index is 0. The summed E-state index contributed by atoms with van der Waals surface area (Å²) in [5.41, 5.74) is 12.1. The Hall–Kier alpha value is -4.29. The topological polar surface area (TPSA) is 206 Å². The van der Waals surface area contributed by atoms with E-state index in [1.165, 1.54) is 28.5 Å². The number of nitrogen functional groups attached to an aromatic ring is 1. The third-order valence-electron chi connectivity index (χ3n) is 7.36. The molecule has 0 aliphatic heterocycles. The molecular weight excluding hydrogens is 656 g/mol. The zero-order valence-electron chi connectivity index (χ0n) is 28.1. The van der Waals surface area contributed by atoms with Crippen LogP contribution in [0.3, 0.4) is 0 Å². The predicted octanol–water partition coefficient (Wildman–Crippen LogP) is 7.61. The molecule has 2 aromatic rings. The molecule has 4 rings (SSSR count). The number of rotatable bonds is 9. The van der Waals surface area contributed by atoms with Crippen molar-refractivity contribution in [2.75, 3.05) is 43.6 Å². The van der Waals surface area contributed by atoms with Crippen molar-refractivity contribution in [2.24, 2.45) is 0 Å². The van der Waals surface area contributed by atoms with Crippen molar-refractivity contribution in [1.29, 1.82) is 0 Å². The van der Waals surface area contributed by atoms with Gasteiger partial charge < -0.3 is 37.4 Å². The minimum Gasteiger partial charge on any atom is -0.483 e. The van der Waals surface area contributed by atoms with E-state index in [4.69, 9.17) is 15.6 Å². The number of benzene rings is 2. The second kappa shape index (κ2) is 22.3. The summed E-state index contributed by atoms with van der Waals surface area (Å²) in [6, 6.07) is 10.3. The number of hydrogen-bond acceptors (Lipinski definition) is 7. The molecule has 2 aliphatic rings. The van der Waals surface area contributed by atoms with E-state index < -0.39 is 4.92 Å². The van der Waals surface area contributed by atoms with Crippen LogP contribution >= 0.6 is 0 Å². The van der Waals surface area contributed by atoms with Gasteiger partial charge in [0.1, 0.15) is 5.69 Å². The average Bonchev–Trinajstić information content (AvgIpc) is 3.75. The van der Waals surface area contributed by atoms with E-state index in [1.54, 1.807) is 31.1 Å². The molecule has 0 heterocycles. The maximum absolute atomic E-state index is 12.1. The summed E-state index contributed by atoms with van der Waals surface area (Å²) in [5, 5.41) is 23.6. The van der Waals surface area contributed by atoms with Crippen molar-refractivity contribution < 1.29 is 43.9 Å². The third kappa shape index (κ3) is 13.5. The van der Waals surface area contributed by atoms with Crippen LogP contribution in [0.15, 0.2) is 48.6 Å². The molecule has 0 unspecified atom stereocenters. The zero-order valence-corrected chi connectivity index (χ0v) is 31.1. The van der Waals surface area contributed by atoms with Gasteiger partial charge in [-0.2, -0.15) is 0 Å². The van der Waals surface area contributed by atoms with Crippen molar-refractivity contribution in [1.82, 2.24) is 16.0 Å². The molecule has 47 heavy (non-hydrogen) atoms. The van der Waals surface area contributed by atoms with Gasteiger partial charge in [0.15, 0.2) is 0 Å². The number of anilines is 3. The summed E-state index contributed by atoms with van der Waals surface area (Å²) < 4.78 is 0. The smallest absolute Gasteiger partial charge is 0.321 e. The molecule has 0 bridgehead atoms. The number of allylic oxidation sites excluding steroid dienone is 4. The Morgan fingerprint density at radius 3 is 1.72 bits per heavy atom. The third-order valence-corrected chi connectivity index (χ3v) is 7.36. The van der Waals surface area contributed by atoms with E-state index in [1.807, 2.05) is 32.0 Å². The van der Waals surface area contributed by atoms with Crippen LogP contribution in [0.5, 0.6) is 0 Å². The first-order valence-corrected chi connectivity index (χ1v) is 15.2. The molecule has 4 amide bonds. The summed E-state index contributed by atoms with van der Waals surface area (Å²) in [4.78, 5) is 46.4. The molecule has 254 valence electrons. The molecule has 14 heteroatoms. The van der Waals surface area contributed by atoms with E-state index in [0.717, 1.165) is 62.6 Å². The molecular formula is C33H49N7O6Zn. The number of nitrogens with one attached hydrogen (secondary N) is 2. The van der Waals surface area contributed by atoms with E-state index in [0.29, 0.717) is 17.9 Å². The van der Waals surface area contributed by atoms with Crippen LogP contribution in [0.1, 0.15) is 76.3 Å². The number of carbonyl (C=O) groups excluding carboxylic acids is 2. The molecule has 2 aromatic carbocycles. The van der Waals surface area contributed by atoms with Crippen LogP contribution in [0, 0.1) is 10.1 Å². The fourth-order valence-electron chi connectivity index (χ4n) is 5.02. The van der Waals surface area contributed by atoms with Gasteiger partial charge in [0.05, 0.1) is 16.3 Å². The number of nitrogens with two attached hydrogens (primary N) is 1. The van der Waals surface area contributed by atoms with Gasteiger partial charge in [-0.15, -0.1) is 0 Å². The minimum atomic E-state index is -0.470. The van der Waals surface area contributed by atoms with Gasteiger partial charge in [0.2, 0.25) is 0 Å². The van der Waals surface area contributed by atoms with Gasteiger partial charge in [0.25, 0.3) is 12.2 Å². The number of nitro groups is 1. The van der Waals surface area contributed by atoms with Gasteiger partial charge in [-0.25, -0.2) is 9.59 Å². The molecule has 0 aromatic heterocycles. The number of amides is 4. The van der Waals surface area contributed by atoms with Crippen LogP contribution in [-0.4, -0.2) is 65.5 Å². The summed E-state index contributed by atoms with van der Waals surface area (Å²) >= 11 is 0. The molecule has 8 N–H and O–H groups in total. The molecule has 0 fully saturated rings. The standard InChI is InChI=1S/C16H21N3O3.C16H23N3O.CH2O2.H3N.Zn/c1-3-10-18(2)16(20)17-14-11-13(12-6-4-5-7-12)8-9-15(14)19(21)22;1-3-10-19(2)16(20)18-15-11-13(8-9-14(15)17)12-6-4-5-7-12;2-1-3;;/h6,8-9,11H,3-5,7,10H2,1-2H3,(H,17,20);6,8-9,11H,3-5,7,10,17H2,1-2H3,(H,18,20);1H,(H,2,3);1H3;. The number of urea groups is 2. The molecule has 0 radical (unpaired) electrons. The summed E-state index contributed by atoms with van der Waals surface area (Å²) in [6.45, 7) is 5.10. The Kier molecular flexibility index (Phi) is 20.2. The molecule has 0 spiro atoms. The van der Waals surface area contributed by atoms with Crippen LogP contribution < -0.4 is 22.5 Å². The number of carboxylic acid groups (broad SMARTS) is 1. The molecule has 13 nitrogen and oxygen atoms in total.